The summed E-state index contributed by atoms with van der Waals surface area (Å²) in [4.78, 5) is 0. The normalized spacial score (nSPS) is 11.4. The number of alkyl halides is 3. The van der Waals surface area contributed by atoms with E-state index in [9.17, 15) is 13.2 Å². The van der Waals surface area contributed by atoms with E-state index in [0.29, 0.717) is 11.4 Å². The predicted octanol–water partition coefficient (Wildman–Crippen LogP) is 1.83. The van der Waals surface area contributed by atoms with Gasteiger partial charge in [-0.05, 0) is 18.2 Å². The Bertz CT molecular complexity index is 322. The molecule has 0 aliphatic carbocycles. The van der Waals surface area contributed by atoms with Crippen LogP contribution in [0.15, 0.2) is 18.2 Å². The second kappa shape index (κ2) is 3.65. The van der Waals surface area contributed by atoms with Gasteiger partial charge in [0.05, 0.1) is 11.4 Å². The van der Waals surface area contributed by atoms with Gasteiger partial charge >= 0.3 is 6.18 Å². The molecule has 0 aliphatic rings. The van der Waals surface area contributed by atoms with Crippen molar-refractivity contribution >= 4 is 17.1 Å². The average molecular weight is 205 g/mol. The maximum atomic E-state index is 11.8. The summed E-state index contributed by atoms with van der Waals surface area (Å²) in [5, 5.41) is 2.19. The van der Waals surface area contributed by atoms with Crippen molar-refractivity contribution in [3.8, 4) is 0 Å². The van der Waals surface area contributed by atoms with Crippen molar-refractivity contribution in [1.82, 2.24) is 0 Å². The lowest BCUT2D eigenvalue weighted by Gasteiger charge is -2.10. The molecule has 3 nitrogen and oxygen atoms in total. The number of hydrogen-bond acceptors (Lipinski definition) is 3. The zero-order valence-corrected chi connectivity index (χ0v) is 7.23. The van der Waals surface area contributed by atoms with Gasteiger partial charge in [0, 0.05) is 5.69 Å². The van der Waals surface area contributed by atoms with Crippen LogP contribution in [0.1, 0.15) is 0 Å². The molecule has 0 heterocycles. The number of anilines is 3. The fraction of sp³-hybridized carbons (Fsp3) is 0.250. The van der Waals surface area contributed by atoms with E-state index in [1.165, 1.54) is 18.2 Å². The quantitative estimate of drug-likeness (QED) is 0.645. The second-order valence-electron chi connectivity index (χ2n) is 2.81. The average Bonchev–Trinajstić information content (AvgIpc) is 2.06. The highest BCUT2D eigenvalue weighted by Gasteiger charge is 2.26. The number of rotatable bonds is 2. The lowest BCUT2D eigenvalue weighted by atomic mass is 10.2. The summed E-state index contributed by atoms with van der Waals surface area (Å²) in [7, 11) is 0. The molecule has 1 rings (SSSR count). The third-order valence-electron chi connectivity index (χ3n) is 1.58. The molecule has 0 fully saturated rings. The first-order valence-electron chi connectivity index (χ1n) is 3.84. The number of nitrogen functional groups attached to an aromatic ring is 2. The van der Waals surface area contributed by atoms with Gasteiger partial charge in [0.15, 0.2) is 0 Å². The molecule has 1 aromatic rings. The van der Waals surface area contributed by atoms with Crippen LogP contribution < -0.4 is 16.8 Å². The van der Waals surface area contributed by atoms with Crippen LogP contribution in [0.4, 0.5) is 30.2 Å². The molecule has 6 heteroatoms. The van der Waals surface area contributed by atoms with Gasteiger partial charge in [0.25, 0.3) is 0 Å². The van der Waals surface area contributed by atoms with Crippen molar-refractivity contribution in [2.75, 3.05) is 23.3 Å². The molecule has 0 saturated heterocycles. The molecule has 78 valence electrons. The molecule has 1 aromatic carbocycles. The van der Waals surface area contributed by atoms with E-state index in [1.807, 2.05) is 0 Å². The Morgan fingerprint density at radius 2 is 1.79 bits per heavy atom. The van der Waals surface area contributed by atoms with Crippen LogP contribution >= 0.6 is 0 Å². The Morgan fingerprint density at radius 1 is 1.14 bits per heavy atom. The van der Waals surface area contributed by atoms with Gasteiger partial charge in [0.1, 0.15) is 6.54 Å². The molecule has 0 amide bonds. The van der Waals surface area contributed by atoms with Crippen molar-refractivity contribution in [1.29, 1.82) is 0 Å². The van der Waals surface area contributed by atoms with E-state index < -0.39 is 12.7 Å². The fourth-order valence-corrected chi connectivity index (χ4v) is 0.887. The number of nitrogens with two attached hydrogens (primary N) is 2. The van der Waals surface area contributed by atoms with E-state index in [-0.39, 0.29) is 5.69 Å². The van der Waals surface area contributed by atoms with E-state index >= 15 is 0 Å². The van der Waals surface area contributed by atoms with Crippen LogP contribution in [0.25, 0.3) is 0 Å². The highest BCUT2D eigenvalue weighted by molar-refractivity contribution is 5.69. The molecule has 0 saturated carbocycles. The van der Waals surface area contributed by atoms with Crippen molar-refractivity contribution in [2.45, 2.75) is 6.18 Å². The highest BCUT2D eigenvalue weighted by atomic mass is 19.4. The molecular formula is C8H10F3N3. The first kappa shape index (κ1) is 10.5. The molecular weight excluding hydrogens is 195 g/mol. The lowest BCUT2D eigenvalue weighted by Crippen LogP contribution is -2.21. The van der Waals surface area contributed by atoms with Gasteiger partial charge in [-0.3, -0.25) is 0 Å². The Balaban J connectivity index is 2.65. The minimum Gasteiger partial charge on any atom is -0.397 e. The molecule has 0 bridgehead atoms. The Morgan fingerprint density at radius 3 is 2.29 bits per heavy atom. The number of hydrogen-bond donors (Lipinski definition) is 3. The van der Waals surface area contributed by atoms with Crippen molar-refractivity contribution in [2.24, 2.45) is 0 Å². The topological polar surface area (TPSA) is 64.1 Å². The van der Waals surface area contributed by atoms with Gasteiger partial charge in [0.2, 0.25) is 0 Å². The molecule has 5 N–H and O–H groups in total. The summed E-state index contributed by atoms with van der Waals surface area (Å²) < 4.78 is 35.4. The third-order valence-corrected chi connectivity index (χ3v) is 1.58. The van der Waals surface area contributed by atoms with Gasteiger partial charge in [-0.25, -0.2) is 0 Å². The molecule has 0 aromatic heterocycles. The first-order valence-corrected chi connectivity index (χ1v) is 3.84. The summed E-state index contributed by atoms with van der Waals surface area (Å²) in [6, 6.07) is 4.26. The molecule has 14 heavy (non-hydrogen) atoms. The SMILES string of the molecule is Nc1ccc(NCC(F)(F)F)cc1N. The summed E-state index contributed by atoms with van der Waals surface area (Å²) in [6.07, 6.45) is -4.24. The van der Waals surface area contributed by atoms with Crippen molar-refractivity contribution < 1.29 is 13.2 Å². The standard InChI is InChI=1S/C8H10F3N3/c9-8(10,11)4-14-5-1-2-6(12)7(13)3-5/h1-3,14H,4,12-13H2. The smallest absolute Gasteiger partial charge is 0.397 e. The molecule has 0 aliphatic heterocycles. The fourth-order valence-electron chi connectivity index (χ4n) is 0.887. The van der Waals surface area contributed by atoms with Crippen LogP contribution in [0.5, 0.6) is 0 Å². The second-order valence-corrected chi connectivity index (χ2v) is 2.81. The zero-order valence-electron chi connectivity index (χ0n) is 7.23. The Labute approximate surface area is 78.9 Å². The summed E-state index contributed by atoms with van der Waals surface area (Å²) in [5.41, 5.74) is 11.7. The maximum Gasteiger partial charge on any atom is 0.405 e. The summed E-state index contributed by atoms with van der Waals surface area (Å²) >= 11 is 0. The number of nitrogens with one attached hydrogen (secondary N) is 1. The highest BCUT2D eigenvalue weighted by Crippen LogP contribution is 2.21. The van der Waals surface area contributed by atoms with Crippen molar-refractivity contribution in [3.05, 3.63) is 18.2 Å². The van der Waals surface area contributed by atoms with Crippen LogP contribution in [0.2, 0.25) is 0 Å². The van der Waals surface area contributed by atoms with Crippen LogP contribution in [-0.4, -0.2) is 12.7 Å². The number of benzene rings is 1. The molecule has 0 spiro atoms. The molecule has 0 unspecified atom stereocenters. The molecule has 0 atom stereocenters. The summed E-state index contributed by atoms with van der Waals surface area (Å²) in [5.74, 6) is 0. The van der Waals surface area contributed by atoms with Crippen LogP contribution in [0.3, 0.4) is 0 Å². The van der Waals surface area contributed by atoms with Crippen LogP contribution in [0, 0.1) is 0 Å². The third kappa shape index (κ3) is 3.04. The minimum absolute atomic E-state index is 0.261. The van der Waals surface area contributed by atoms with Crippen LogP contribution in [-0.2, 0) is 0 Å². The lowest BCUT2D eigenvalue weighted by molar-refractivity contribution is -0.115. The van der Waals surface area contributed by atoms with E-state index in [2.05, 4.69) is 5.32 Å². The Hall–Kier alpha value is -1.59. The maximum absolute atomic E-state index is 11.8. The predicted molar refractivity (Wildman–Crippen MR) is 49.8 cm³/mol. The van der Waals surface area contributed by atoms with Gasteiger partial charge in [-0.1, -0.05) is 0 Å². The number of halogens is 3. The van der Waals surface area contributed by atoms with Gasteiger partial charge in [-0.2, -0.15) is 13.2 Å². The van der Waals surface area contributed by atoms with Gasteiger partial charge in [-0.15, -0.1) is 0 Å². The zero-order chi connectivity index (χ0) is 10.8. The molecule has 0 radical (unpaired) electrons. The van der Waals surface area contributed by atoms with Gasteiger partial charge < -0.3 is 16.8 Å². The van der Waals surface area contributed by atoms with Crippen molar-refractivity contribution in [3.63, 3.8) is 0 Å². The first-order chi connectivity index (χ1) is 6.38. The van der Waals surface area contributed by atoms with E-state index in [0.717, 1.165) is 0 Å². The van der Waals surface area contributed by atoms with E-state index in [1.54, 1.807) is 0 Å². The largest absolute Gasteiger partial charge is 0.405 e. The Kier molecular flexibility index (Phi) is 2.73. The summed E-state index contributed by atoms with van der Waals surface area (Å²) in [6.45, 7) is -1.09. The van der Waals surface area contributed by atoms with E-state index in [4.69, 9.17) is 11.5 Å². The minimum atomic E-state index is -4.24. The monoisotopic (exact) mass is 205 g/mol.